The number of para-hydroxylation sites is 2. The van der Waals surface area contributed by atoms with E-state index in [0.29, 0.717) is 0 Å². The fraction of sp³-hybridized carbons (Fsp3) is 0.0323. The van der Waals surface area contributed by atoms with Gasteiger partial charge in [-0.3, -0.25) is 0 Å². The molecule has 0 atom stereocenters. The van der Waals surface area contributed by atoms with Crippen molar-refractivity contribution in [3.8, 4) is 44.5 Å². The Hall–Kier alpha value is -8.00. The van der Waals surface area contributed by atoms with Crippen LogP contribution in [0.5, 0.6) is 0 Å². The Morgan fingerprint density at radius 1 is 0.254 bits per heavy atom. The van der Waals surface area contributed by atoms with Gasteiger partial charge in [0.15, 0.2) is 0 Å². The first-order valence-electron chi connectivity index (χ1n) is 22.0. The van der Waals surface area contributed by atoms with Gasteiger partial charge in [-0.25, -0.2) is 0 Å². The number of hydrogen-bond acceptors (Lipinski definition) is 1. The van der Waals surface area contributed by atoms with E-state index in [2.05, 4.69) is 254 Å². The Morgan fingerprint density at radius 3 is 1.19 bits per heavy atom. The number of nitrogens with zero attached hydrogens (tertiary/aromatic N) is 1. The quantitative estimate of drug-likeness (QED) is 0.162. The van der Waals surface area contributed by atoms with E-state index in [4.69, 9.17) is 0 Å². The second kappa shape index (κ2) is 13.8. The standard InChI is InChI=1S/C62H41N/c1-6-22-42(23-7-1)43-38-39-55-51(40-43)59-57(62(55)52-35-19-16-32-48(52)49-33-17-20-36-53(49)62)41-56-58(60(59)63(46-28-12-4-13-29-46)47-30-14-5-15-31-47)50-34-18-21-37-54(50)61(56,44-24-8-2-9-25-44)45-26-10-3-11-27-45/h1-41H. The molecule has 0 aliphatic heterocycles. The second-order valence-electron chi connectivity index (χ2n) is 17.1. The summed E-state index contributed by atoms with van der Waals surface area (Å²) in [7, 11) is 0. The summed E-state index contributed by atoms with van der Waals surface area (Å²) in [6.07, 6.45) is 0. The second-order valence-corrected chi connectivity index (χ2v) is 17.1. The van der Waals surface area contributed by atoms with E-state index in [1.165, 1.54) is 94.7 Å². The summed E-state index contributed by atoms with van der Waals surface area (Å²) in [5, 5.41) is 0. The fourth-order valence-corrected chi connectivity index (χ4v) is 11.8. The number of fused-ring (bicyclic) bond motifs is 13. The molecule has 63 heavy (non-hydrogen) atoms. The van der Waals surface area contributed by atoms with E-state index >= 15 is 0 Å². The van der Waals surface area contributed by atoms with Crippen molar-refractivity contribution in [2.24, 2.45) is 0 Å². The van der Waals surface area contributed by atoms with Gasteiger partial charge in [-0.1, -0.05) is 218 Å². The van der Waals surface area contributed by atoms with E-state index in [1.54, 1.807) is 0 Å². The fourth-order valence-electron chi connectivity index (χ4n) is 11.8. The molecule has 0 unspecified atom stereocenters. The molecule has 294 valence electrons. The van der Waals surface area contributed by atoms with Gasteiger partial charge in [0, 0.05) is 22.5 Å². The van der Waals surface area contributed by atoms with E-state index < -0.39 is 10.8 Å². The highest BCUT2D eigenvalue weighted by Crippen LogP contribution is 2.69. The van der Waals surface area contributed by atoms with Crippen LogP contribution in [-0.2, 0) is 10.8 Å². The van der Waals surface area contributed by atoms with Crippen molar-refractivity contribution in [1.29, 1.82) is 0 Å². The summed E-state index contributed by atoms with van der Waals surface area (Å²) >= 11 is 0. The van der Waals surface area contributed by atoms with Gasteiger partial charge < -0.3 is 4.90 Å². The van der Waals surface area contributed by atoms with Crippen LogP contribution < -0.4 is 4.90 Å². The zero-order valence-corrected chi connectivity index (χ0v) is 34.6. The molecule has 0 radical (unpaired) electrons. The normalized spacial score (nSPS) is 14.0. The summed E-state index contributed by atoms with van der Waals surface area (Å²) in [4.78, 5) is 2.56. The van der Waals surface area contributed by atoms with Crippen LogP contribution in [0, 0.1) is 0 Å². The average molecular weight is 800 g/mol. The third-order valence-corrected chi connectivity index (χ3v) is 14.1. The lowest BCUT2D eigenvalue weighted by molar-refractivity contribution is 0.753. The van der Waals surface area contributed by atoms with Crippen LogP contribution in [0.15, 0.2) is 249 Å². The Bertz CT molecular complexity index is 3250. The first-order valence-corrected chi connectivity index (χ1v) is 22.0. The third kappa shape index (κ3) is 4.82. The lowest BCUT2D eigenvalue weighted by atomic mass is 9.65. The Kier molecular flexibility index (Phi) is 7.80. The van der Waals surface area contributed by atoms with E-state index in [1.807, 2.05) is 0 Å². The van der Waals surface area contributed by atoms with Crippen LogP contribution >= 0.6 is 0 Å². The van der Waals surface area contributed by atoms with Crippen LogP contribution in [0.25, 0.3) is 44.5 Å². The predicted molar refractivity (Wildman–Crippen MR) is 260 cm³/mol. The molecule has 0 saturated heterocycles. The van der Waals surface area contributed by atoms with Crippen molar-refractivity contribution >= 4 is 17.1 Å². The highest BCUT2D eigenvalue weighted by atomic mass is 15.1. The summed E-state index contributed by atoms with van der Waals surface area (Å²) in [5.74, 6) is 0. The van der Waals surface area contributed by atoms with Gasteiger partial charge in [0.25, 0.3) is 0 Å². The van der Waals surface area contributed by atoms with Gasteiger partial charge in [0.1, 0.15) is 0 Å². The minimum absolute atomic E-state index is 0.593. The molecule has 0 amide bonds. The van der Waals surface area contributed by atoms with Gasteiger partial charge in [-0.05, 0) is 108 Å². The molecule has 0 heterocycles. The summed E-state index contributed by atoms with van der Waals surface area (Å²) in [6.45, 7) is 0. The highest BCUT2D eigenvalue weighted by Gasteiger charge is 2.56. The van der Waals surface area contributed by atoms with Crippen molar-refractivity contribution in [3.63, 3.8) is 0 Å². The summed E-state index contributed by atoms with van der Waals surface area (Å²) in [6, 6.07) is 93.0. The zero-order chi connectivity index (χ0) is 41.5. The average Bonchev–Trinajstić information content (AvgIpc) is 3.95. The maximum absolute atomic E-state index is 2.66. The monoisotopic (exact) mass is 799 g/mol. The highest BCUT2D eigenvalue weighted by molar-refractivity contribution is 6.09. The van der Waals surface area contributed by atoms with Gasteiger partial charge >= 0.3 is 0 Å². The molecular formula is C62H41N. The Morgan fingerprint density at radius 2 is 0.651 bits per heavy atom. The van der Waals surface area contributed by atoms with Crippen molar-refractivity contribution in [2.75, 3.05) is 4.90 Å². The topological polar surface area (TPSA) is 3.24 Å². The predicted octanol–water partition coefficient (Wildman–Crippen LogP) is 15.5. The molecule has 1 nitrogen and oxygen atoms in total. The summed E-state index contributed by atoms with van der Waals surface area (Å²) < 4.78 is 0. The van der Waals surface area contributed by atoms with Crippen LogP contribution in [0.1, 0.15) is 44.5 Å². The first-order chi connectivity index (χ1) is 31.3. The number of rotatable bonds is 6. The van der Waals surface area contributed by atoms with E-state index in [-0.39, 0.29) is 0 Å². The molecule has 0 N–H and O–H groups in total. The Labute approximate surface area is 368 Å². The van der Waals surface area contributed by atoms with Crippen molar-refractivity contribution in [1.82, 2.24) is 0 Å². The summed E-state index contributed by atoms with van der Waals surface area (Å²) in [5.41, 5.74) is 22.7. The van der Waals surface area contributed by atoms with E-state index in [0.717, 1.165) is 11.4 Å². The van der Waals surface area contributed by atoms with Crippen LogP contribution in [0.4, 0.5) is 17.1 Å². The smallest absolute Gasteiger partial charge is 0.0726 e. The number of hydrogen-bond donors (Lipinski definition) is 0. The lowest BCUT2D eigenvalue weighted by Crippen LogP contribution is -2.30. The van der Waals surface area contributed by atoms with Gasteiger partial charge in [-0.2, -0.15) is 0 Å². The zero-order valence-electron chi connectivity index (χ0n) is 34.6. The molecule has 0 aromatic heterocycles. The molecule has 1 heteroatoms. The molecule has 3 aliphatic rings. The minimum Gasteiger partial charge on any atom is -0.309 e. The van der Waals surface area contributed by atoms with Crippen LogP contribution in [-0.4, -0.2) is 0 Å². The first kappa shape index (κ1) is 35.7. The molecule has 0 bridgehead atoms. The van der Waals surface area contributed by atoms with E-state index in [9.17, 15) is 0 Å². The van der Waals surface area contributed by atoms with Crippen LogP contribution in [0.3, 0.4) is 0 Å². The van der Waals surface area contributed by atoms with Crippen molar-refractivity contribution < 1.29 is 0 Å². The van der Waals surface area contributed by atoms with Crippen LogP contribution in [0.2, 0.25) is 0 Å². The lowest BCUT2D eigenvalue weighted by Gasteiger charge is -2.37. The molecule has 3 aliphatic carbocycles. The molecule has 0 fully saturated rings. The minimum atomic E-state index is -0.625. The Balaban J connectivity index is 1.30. The van der Waals surface area contributed by atoms with Crippen molar-refractivity contribution in [2.45, 2.75) is 10.8 Å². The maximum Gasteiger partial charge on any atom is 0.0726 e. The number of benzene rings is 10. The largest absolute Gasteiger partial charge is 0.309 e. The molecular weight excluding hydrogens is 759 g/mol. The SMILES string of the molecule is c1ccc(-c2ccc3c(c2)-c2c(cc4c(c2N(c2ccccc2)c2ccccc2)-c2ccccc2C4(c2ccccc2)c2ccccc2)C32c3ccccc3-c3ccccc32)cc1. The maximum atomic E-state index is 2.66. The van der Waals surface area contributed by atoms with Gasteiger partial charge in [0.05, 0.1) is 16.5 Å². The number of anilines is 3. The molecule has 1 spiro atoms. The molecule has 13 rings (SSSR count). The third-order valence-electron chi connectivity index (χ3n) is 14.1. The van der Waals surface area contributed by atoms with Gasteiger partial charge in [-0.15, -0.1) is 0 Å². The van der Waals surface area contributed by atoms with Gasteiger partial charge in [0.2, 0.25) is 0 Å². The molecule has 0 saturated carbocycles. The van der Waals surface area contributed by atoms with Crippen molar-refractivity contribution in [3.05, 3.63) is 293 Å². The molecule has 10 aromatic rings. The molecule has 10 aromatic carbocycles.